The molecule has 1 heterocycles. The van der Waals surface area contributed by atoms with Crippen LogP contribution in [0.2, 0.25) is 0 Å². The summed E-state index contributed by atoms with van der Waals surface area (Å²) in [6.45, 7) is 7.46. The molecule has 0 aliphatic heterocycles. The molecule has 92 valence electrons. The molecule has 6 heteroatoms. The molecule has 1 rings (SSSR count). The topological polar surface area (TPSA) is 60.0 Å². The average molecular weight is 290 g/mol. The molecule has 5 nitrogen and oxygen atoms in total. The van der Waals surface area contributed by atoms with E-state index in [-0.39, 0.29) is 6.04 Å². The van der Waals surface area contributed by atoms with Crippen molar-refractivity contribution in [3.8, 4) is 0 Å². The fourth-order valence-corrected chi connectivity index (χ4v) is 2.35. The first kappa shape index (κ1) is 13.6. The van der Waals surface area contributed by atoms with Gasteiger partial charge in [0.25, 0.3) is 0 Å². The van der Waals surface area contributed by atoms with Crippen LogP contribution < -0.4 is 5.73 Å². The zero-order valence-electron chi connectivity index (χ0n) is 10.1. The van der Waals surface area contributed by atoms with E-state index in [4.69, 9.17) is 5.73 Å². The Morgan fingerprint density at radius 1 is 1.44 bits per heavy atom. The van der Waals surface area contributed by atoms with E-state index in [9.17, 15) is 0 Å². The molecule has 1 unspecified atom stereocenters. The summed E-state index contributed by atoms with van der Waals surface area (Å²) in [6, 6.07) is -0.0185. The lowest BCUT2D eigenvalue weighted by atomic mass is 10.1. The molecule has 0 aromatic carbocycles. The van der Waals surface area contributed by atoms with Gasteiger partial charge in [0.05, 0.1) is 11.7 Å². The van der Waals surface area contributed by atoms with Crippen molar-refractivity contribution in [2.75, 3.05) is 19.6 Å². The third-order valence-corrected chi connectivity index (χ3v) is 3.39. The van der Waals surface area contributed by atoms with Crippen LogP contribution in [-0.2, 0) is 7.05 Å². The number of halogens is 1. The van der Waals surface area contributed by atoms with Crippen molar-refractivity contribution < 1.29 is 0 Å². The van der Waals surface area contributed by atoms with Crippen molar-refractivity contribution in [1.29, 1.82) is 0 Å². The SMILES string of the molecule is CCN(CC)CCC(N)c1c(Br)nnn1C. The number of hydrogen-bond donors (Lipinski definition) is 1. The predicted octanol–water partition coefficient (Wildman–Crippen LogP) is 1.31. The monoisotopic (exact) mass is 289 g/mol. The Labute approximate surface area is 105 Å². The quantitative estimate of drug-likeness (QED) is 0.858. The van der Waals surface area contributed by atoms with Crippen molar-refractivity contribution in [3.63, 3.8) is 0 Å². The third-order valence-electron chi connectivity index (χ3n) is 2.83. The summed E-state index contributed by atoms with van der Waals surface area (Å²) in [5, 5.41) is 7.87. The summed E-state index contributed by atoms with van der Waals surface area (Å²) < 4.78 is 2.49. The Morgan fingerprint density at radius 3 is 2.50 bits per heavy atom. The van der Waals surface area contributed by atoms with E-state index >= 15 is 0 Å². The normalized spacial score (nSPS) is 13.4. The predicted molar refractivity (Wildman–Crippen MR) is 68.0 cm³/mol. The molecule has 2 N–H and O–H groups in total. The minimum absolute atomic E-state index is 0.0185. The van der Waals surface area contributed by atoms with Crippen LogP contribution >= 0.6 is 15.9 Å². The lowest BCUT2D eigenvalue weighted by molar-refractivity contribution is 0.289. The van der Waals surface area contributed by atoms with E-state index in [1.807, 2.05) is 7.05 Å². The number of nitrogens with two attached hydrogens (primary N) is 1. The number of aryl methyl sites for hydroxylation is 1. The largest absolute Gasteiger partial charge is 0.323 e. The van der Waals surface area contributed by atoms with Gasteiger partial charge in [0.2, 0.25) is 0 Å². The third kappa shape index (κ3) is 3.26. The fraction of sp³-hybridized carbons (Fsp3) is 0.800. The van der Waals surface area contributed by atoms with Gasteiger partial charge in [-0.1, -0.05) is 19.1 Å². The standard InChI is InChI=1S/C10H20BrN5/c1-4-16(5-2)7-6-8(12)9-10(11)13-14-15(9)3/h8H,4-7,12H2,1-3H3. The van der Waals surface area contributed by atoms with Crippen LogP contribution in [0.1, 0.15) is 32.0 Å². The highest BCUT2D eigenvalue weighted by Gasteiger charge is 2.16. The van der Waals surface area contributed by atoms with Gasteiger partial charge in [0, 0.05) is 7.05 Å². The maximum atomic E-state index is 6.14. The molecule has 16 heavy (non-hydrogen) atoms. The summed E-state index contributed by atoms with van der Waals surface area (Å²) >= 11 is 3.37. The minimum atomic E-state index is -0.0185. The molecule has 0 bridgehead atoms. The second kappa shape index (κ2) is 6.32. The molecule has 0 saturated heterocycles. The van der Waals surface area contributed by atoms with Gasteiger partial charge in [0.15, 0.2) is 4.60 Å². The van der Waals surface area contributed by atoms with Crippen molar-refractivity contribution in [2.45, 2.75) is 26.3 Å². The molecule has 0 radical (unpaired) electrons. The smallest absolute Gasteiger partial charge is 0.153 e. The van der Waals surface area contributed by atoms with E-state index in [2.05, 4.69) is 45.0 Å². The number of rotatable bonds is 6. The second-order valence-corrected chi connectivity index (χ2v) is 4.56. The van der Waals surface area contributed by atoms with Gasteiger partial charge in [-0.2, -0.15) is 0 Å². The van der Waals surface area contributed by atoms with Gasteiger partial charge >= 0.3 is 0 Å². The summed E-state index contributed by atoms with van der Waals surface area (Å²) in [7, 11) is 1.87. The molecule has 1 atom stereocenters. The van der Waals surface area contributed by atoms with Crippen LogP contribution in [0, 0.1) is 0 Å². The number of aromatic nitrogens is 3. The first-order valence-corrected chi connectivity index (χ1v) is 6.42. The molecule has 0 aliphatic carbocycles. The maximum absolute atomic E-state index is 6.14. The van der Waals surface area contributed by atoms with Gasteiger partial charge in [-0.3, -0.25) is 0 Å². The van der Waals surface area contributed by atoms with Crippen LogP contribution in [0.15, 0.2) is 4.60 Å². The highest BCUT2D eigenvalue weighted by atomic mass is 79.9. The van der Waals surface area contributed by atoms with Gasteiger partial charge in [0.1, 0.15) is 0 Å². The Kier molecular flexibility index (Phi) is 5.37. The number of nitrogens with zero attached hydrogens (tertiary/aromatic N) is 4. The molecule has 1 aromatic rings. The second-order valence-electron chi connectivity index (χ2n) is 3.81. The molecule has 0 amide bonds. The summed E-state index contributed by atoms with van der Waals surface area (Å²) in [5.41, 5.74) is 7.11. The van der Waals surface area contributed by atoms with Gasteiger partial charge < -0.3 is 10.6 Å². The van der Waals surface area contributed by atoms with Crippen LogP contribution in [0.3, 0.4) is 0 Å². The van der Waals surface area contributed by atoms with Crippen molar-refractivity contribution in [3.05, 3.63) is 10.3 Å². The molecule has 0 spiro atoms. The van der Waals surface area contributed by atoms with Gasteiger partial charge in [-0.15, -0.1) is 5.10 Å². The first-order chi connectivity index (χ1) is 7.60. The summed E-state index contributed by atoms with van der Waals surface area (Å²) in [6.07, 6.45) is 0.918. The van der Waals surface area contributed by atoms with E-state index < -0.39 is 0 Å². The minimum Gasteiger partial charge on any atom is -0.323 e. The Balaban J connectivity index is 2.55. The zero-order valence-corrected chi connectivity index (χ0v) is 11.7. The Bertz CT molecular complexity index is 302. The van der Waals surface area contributed by atoms with E-state index in [1.54, 1.807) is 4.68 Å². The molecule has 0 fully saturated rings. The lowest BCUT2D eigenvalue weighted by Gasteiger charge is -2.20. The molecular weight excluding hydrogens is 270 g/mol. The van der Waals surface area contributed by atoms with Gasteiger partial charge in [-0.05, 0) is 42.0 Å². The van der Waals surface area contributed by atoms with Crippen LogP contribution in [0.4, 0.5) is 0 Å². The van der Waals surface area contributed by atoms with E-state index in [1.165, 1.54) is 0 Å². The molecule has 0 aliphatic rings. The zero-order chi connectivity index (χ0) is 12.1. The Hall–Kier alpha value is -0.460. The average Bonchev–Trinajstić information content (AvgIpc) is 2.60. The summed E-state index contributed by atoms with van der Waals surface area (Å²) in [4.78, 5) is 2.36. The molecular formula is C10H20BrN5. The van der Waals surface area contributed by atoms with Crippen LogP contribution in [-0.4, -0.2) is 39.5 Å². The van der Waals surface area contributed by atoms with Crippen molar-refractivity contribution in [2.24, 2.45) is 12.8 Å². The first-order valence-electron chi connectivity index (χ1n) is 5.63. The van der Waals surface area contributed by atoms with Crippen LogP contribution in [0.25, 0.3) is 0 Å². The number of hydrogen-bond acceptors (Lipinski definition) is 4. The molecule has 1 aromatic heterocycles. The maximum Gasteiger partial charge on any atom is 0.153 e. The Morgan fingerprint density at radius 2 is 2.06 bits per heavy atom. The van der Waals surface area contributed by atoms with Crippen molar-refractivity contribution >= 4 is 15.9 Å². The summed E-state index contributed by atoms with van der Waals surface area (Å²) in [5.74, 6) is 0. The highest BCUT2D eigenvalue weighted by molar-refractivity contribution is 9.10. The van der Waals surface area contributed by atoms with E-state index in [0.717, 1.165) is 36.4 Å². The van der Waals surface area contributed by atoms with Crippen LogP contribution in [0.5, 0.6) is 0 Å². The van der Waals surface area contributed by atoms with Gasteiger partial charge in [-0.25, -0.2) is 4.68 Å². The molecule has 0 saturated carbocycles. The highest BCUT2D eigenvalue weighted by Crippen LogP contribution is 2.20. The lowest BCUT2D eigenvalue weighted by Crippen LogP contribution is -2.27. The van der Waals surface area contributed by atoms with E-state index in [0.29, 0.717) is 0 Å². The fourth-order valence-electron chi connectivity index (χ4n) is 1.73. The van der Waals surface area contributed by atoms with Crippen molar-refractivity contribution in [1.82, 2.24) is 19.9 Å².